The standard InChI is InChI=1S/C24H31N3O5/c1-5-17(3)25-24(29)21(6-2)26(16-18-10-9-12-20(14-18)32-4)23(28)15-19-11-7-8-13-22(19)27(30)31/h7-14,17,21H,5-6,15-16H2,1-4H3,(H,25,29). The van der Waals surface area contributed by atoms with E-state index in [1.54, 1.807) is 31.4 Å². The number of nitro benzene ring substituents is 1. The summed E-state index contributed by atoms with van der Waals surface area (Å²) in [6.07, 6.45) is 1.01. The lowest BCUT2D eigenvalue weighted by Gasteiger charge is -2.31. The highest BCUT2D eigenvalue weighted by atomic mass is 16.6. The zero-order valence-electron chi connectivity index (χ0n) is 19.0. The Morgan fingerprint density at radius 3 is 2.47 bits per heavy atom. The number of hydrogen-bond donors (Lipinski definition) is 1. The largest absolute Gasteiger partial charge is 0.497 e. The summed E-state index contributed by atoms with van der Waals surface area (Å²) in [6, 6.07) is 12.7. The van der Waals surface area contributed by atoms with Crippen LogP contribution in [-0.2, 0) is 22.6 Å². The van der Waals surface area contributed by atoms with Gasteiger partial charge in [-0.25, -0.2) is 0 Å². The molecule has 32 heavy (non-hydrogen) atoms. The Morgan fingerprint density at radius 2 is 1.84 bits per heavy atom. The third-order valence-electron chi connectivity index (χ3n) is 5.40. The molecular weight excluding hydrogens is 410 g/mol. The highest BCUT2D eigenvalue weighted by Gasteiger charge is 2.30. The van der Waals surface area contributed by atoms with Crippen LogP contribution >= 0.6 is 0 Å². The Balaban J connectivity index is 2.38. The molecule has 0 aliphatic rings. The van der Waals surface area contributed by atoms with Crippen molar-refractivity contribution in [3.05, 3.63) is 69.8 Å². The molecule has 2 amide bonds. The van der Waals surface area contributed by atoms with E-state index in [1.807, 2.05) is 39.0 Å². The van der Waals surface area contributed by atoms with Crippen molar-refractivity contribution in [3.63, 3.8) is 0 Å². The second-order valence-electron chi connectivity index (χ2n) is 7.68. The summed E-state index contributed by atoms with van der Waals surface area (Å²) in [5, 5.41) is 14.3. The van der Waals surface area contributed by atoms with Crippen molar-refractivity contribution in [1.29, 1.82) is 0 Å². The van der Waals surface area contributed by atoms with E-state index in [-0.39, 0.29) is 36.5 Å². The molecule has 0 aromatic heterocycles. The summed E-state index contributed by atoms with van der Waals surface area (Å²) in [4.78, 5) is 38.8. The van der Waals surface area contributed by atoms with Crippen LogP contribution in [0.15, 0.2) is 48.5 Å². The quantitative estimate of drug-likeness (QED) is 0.421. The van der Waals surface area contributed by atoms with Crippen LogP contribution in [0.25, 0.3) is 0 Å². The van der Waals surface area contributed by atoms with Gasteiger partial charge in [-0.05, 0) is 37.5 Å². The molecule has 0 aliphatic heterocycles. The molecule has 0 aliphatic carbocycles. The van der Waals surface area contributed by atoms with Gasteiger partial charge in [-0.3, -0.25) is 19.7 Å². The lowest BCUT2D eigenvalue weighted by Crippen LogP contribution is -2.51. The van der Waals surface area contributed by atoms with Crippen LogP contribution in [0.3, 0.4) is 0 Å². The minimum absolute atomic E-state index is 0.0273. The number of nitrogens with zero attached hydrogens (tertiary/aromatic N) is 2. The molecule has 1 N–H and O–H groups in total. The van der Waals surface area contributed by atoms with E-state index in [0.29, 0.717) is 17.7 Å². The molecule has 0 spiro atoms. The molecule has 0 radical (unpaired) electrons. The first-order chi connectivity index (χ1) is 15.3. The van der Waals surface area contributed by atoms with Crippen LogP contribution < -0.4 is 10.1 Å². The van der Waals surface area contributed by atoms with Crippen LogP contribution in [-0.4, -0.2) is 40.8 Å². The molecule has 0 heterocycles. The maximum atomic E-state index is 13.4. The van der Waals surface area contributed by atoms with Crippen molar-refractivity contribution in [1.82, 2.24) is 10.2 Å². The topological polar surface area (TPSA) is 102 Å². The predicted octanol–water partition coefficient (Wildman–Crippen LogP) is 3.87. The molecule has 0 saturated heterocycles. The van der Waals surface area contributed by atoms with Crippen LogP contribution in [0.5, 0.6) is 5.75 Å². The molecule has 172 valence electrons. The Bertz CT molecular complexity index is 947. The number of para-hydroxylation sites is 1. The number of nitrogens with one attached hydrogen (secondary N) is 1. The average molecular weight is 442 g/mol. The van der Waals surface area contributed by atoms with Gasteiger partial charge in [-0.2, -0.15) is 0 Å². The summed E-state index contributed by atoms with van der Waals surface area (Å²) in [5.41, 5.74) is 1.00. The number of benzene rings is 2. The Morgan fingerprint density at radius 1 is 1.12 bits per heavy atom. The molecule has 0 bridgehead atoms. The Labute approximate surface area is 188 Å². The minimum atomic E-state index is -0.703. The highest BCUT2D eigenvalue weighted by Crippen LogP contribution is 2.22. The van der Waals surface area contributed by atoms with Gasteiger partial charge in [0.2, 0.25) is 11.8 Å². The Kier molecular flexibility index (Phi) is 9.19. The van der Waals surface area contributed by atoms with E-state index in [9.17, 15) is 19.7 Å². The lowest BCUT2D eigenvalue weighted by atomic mass is 10.0. The molecule has 2 aromatic rings. The van der Waals surface area contributed by atoms with Gasteiger partial charge in [0.25, 0.3) is 5.69 Å². The third kappa shape index (κ3) is 6.54. The molecule has 0 saturated carbocycles. The summed E-state index contributed by atoms with van der Waals surface area (Å²) in [7, 11) is 1.56. The lowest BCUT2D eigenvalue weighted by molar-refractivity contribution is -0.385. The number of methoxy groups -OCH3 is 1. The number of amides is 2. The maximum absolute atomic E-state index is 13.4. The van der Waals surface area contributed by atoms with Crippen LogP contribution in [0.2, 0.25) is 0 Å². The number of nitro groups is 1. The van der Waals surface area contributed by atoms with Crippen molar-refractivity contribution in [2.24, 2.45) is 0 Å². The second-order valence-corrected chi connectivity index (χ2v) is 7.68. The summed E-state index contributed by atoms with van der Waals surface area (Å²) in [5.74, 6) is 0.0552. The van der Waals surface area contributed by atoms with Crippen molar-refractivity contribution in [2.75, 3.05) is 7.11 Å². The van der Waals surface area contributed by atoms with Gasteiger partial charge in [0.1, 0.15) is 11.8 Å². The second kappa shape index (κ2) is 11.8. The summed E-state index contributed by atoms with van der Waals surface area (Å²) in [6.45, 7) is 5.91. The predicted molar refractivity (Wildman–Crippen MR) is 122 cm³/mol. The number of hydrogen-bond acceptors (Lipinski definition) is 5. The van der Waals surface area contributed by atoms with Crippen molar-refractivity contribution < 1.29 is 19.2 Å². The van der Waals surface area contributed by atoms with Gasteiger partial charge >= 0.3 is 0 Å². The van der Waals surface area contributed by atoms with E-state index < -0.39 is 11.0 Å². The van der Waals surface area contributed by atoms with Gasteiger partial charge in [0, 0.05) is 24.2 Å². The first kappa shape index (κ1) is 24.8. The molecule has 2 unspecified atom stereocenters. The zero-order valence-corrected chi connectivity index (χ0v) is 19.0. The van der Waals surface area contributed by atoms with E-state index >= 15 is 0 Å². The molecule has 2 rings (SSSR count). The minimum Gasteiger partial charge on any atom is -0.497 e. The third-order valence-corrected chi connectivity index (χ3v) is 5.40. The molecule has 0 fully saturated rings. The zero-order chi connectivity index (χ0) is 23.7. The average Bonchev–Trinajstić information content (AvgIpc) is 2.79. The molecule has 8 nitrogen and oxygen atoms in total. The van der Waals surface area contributed by atoms with Crippen molar-refractivity contribution >= 4 is 17.5 Å². The van der Waals surface area contributed by atoms with E-state index in [1.165, 1.54) is 11.0 Å². The summed E-state index contributed by atoms with van der Waals surface area (Å²) >= 11 is 0. The van der Waals surface area contributed by atoms with Gasteiger partial charge in [0.15, 0.2) is 0 Å². The van der Waals surface area contributed by atoms with Crippen LogP contribution in [0, 0.1) is 10.1 Å². The van der Waals surface area contributed by atoms with Crippen molar-refractivity contribution in [2.45, 2.75) is 58.7 Å². The summed E-state index contributed by atoms with van der Waals surface area (Å²) < 4.78 is 5.28. The first-order valence-corrected chi connectivity index (χ1v) is 10.8. The van der Waals surface area contributed by atoms with Gasteiger partial charge in [-0.1, -0.05) is 44.2 Å². The first-order valence-electron chi connectivity index (χ1n) is 10.8. The van der Waals surface area contributed by atoms with Gasteiger partial charge in [0.05, 0.1) is 18.5 Å². The fourth-order valence-corrected chi connectivity index (χ4v) is 3.43. The van der Waals surface area contributed by atoms with E-state index in [4.69, 9.17) is 4.74 Å². The highest BCUT2D eigenvalue weighted by molar-refractivity contribution is 5.89. The smallest absolute Gasteiger partial charge is 0.273 e. The van der Waals surface area contributed by atoms with Crippen LogP contribution in [0.4, 0.5) is 5.69 Å². The number of carbonyl (C=O) groups excluding carboxylic acids is 2. The molecule has 2 aromatic carbocycles. The fraction of sp³-hybridized carbons (Fsp3) is 0.417. The molecule has 8 heteroatoms. The monoisotopic (exact) mass is 441 g/mol. The normalized spacial score (nSPS) is 12.5. The maximum Gasteiger partial charge on any atom is 0.273 e. The SMILES string of the molecule is CCC(C)NC(=O)C(CC)N(Cc1cccc(OC)c1)C(=O)Cc1ccccc1[N+](=O)[O-]. The fourth-order valence-electron chi connectivity index (χ4n) is 3.43. The molecular formula is C24H31N3O5. The van der Waals surface area contributed by atoms with Gasteiger partial charge in [-0.15, -0.1) is 0 Å². The van der Waals surface area contributed by atoms with Crippen LogP contribution in [0.1, 0.15) is 44.7 Å². The van der Waals surface area contributed by atoms with E-state index in [0.717, 1.165) is 12.0 Å². The van der Waals surface area contributed by atoms with Crippen molar-refractivity contribution in [3.8, 4) is 5.75 Å². The number of rotatable bonds is 11. The van der Waals surface area contributed by atoms with E-state index in [2.05, 4.69) is 5.32 Å². The van der Waals surface area contributed by atoms with Gasteiger partial charge < -0.3 is 15.0 Å². The number of carbonyl (C=O) groups is 2. The Hall–Kier alpha value is -3.42. The number of ether oxygens (including phenoxy) is 1. The molecule has 2 atom stereocenters.